The third kappa shape index (κ3) is 1.86. The molecule has 1 atom stereocenters. The van der Waals surface area contributed by atoms with E-state index in [0.717, 1.165) is 24.8 Å². The molecule has 15 heavy (non-hydrogen) atoms. The van der Waals surface area contributed by atoms with Crippen LogP contribution < -0.4 is 0 Å². The van der Waals surface area contributed by atoms with Crippen molar-refractivity contribution >= 4 is 0 Å². The lowest BCUT2D eigenvalue weighted by atomic mass is 9.93. The van der Waals surface area contributed by atoms with Crippen molar-refractivity contribution in [3.05, 3.63) is 28.8 Å². The maximum absolute atomic E-state index is 9.90. The molecule has 1 aliphatic rings. The quantitative estimate of drug-likeness (QED) is 0.797. The monoisotopic (exact) mass is 206 g/mol. The van der Waals surface area contributed by atoms with Gasteiger partial charge in [0.1, 0.15) is 5.75 Å². The van der Waals surface area contributed by atoms with Crippen LogP contribution in [0.3, 0.4) is 0 Å². The van der Waals surface area contributed by atoms with Gasteiger partial charge in [-0.25, -0.2) is 0 Å². The normalized spacial score (nSPS) is 16.4. The Morgan fingerprint density at radius 3 is 2.53 bits per heavy atom. The van der Waals surface area contributed by atoms with Crippen molar-refractivity contribution in [3.8, 4) is 5.75 Å². The average Bonchev–Trinajstić information content (AvgIpc) is 2.67. The summed E-state index contributed by atoms with van der Waals surface area (Å²) in [6.45, 7) is 2.15. The number of rotatable bonds is 3. The Bertz CT molecular complexity index is 354. The van der Waals surface area contributed by atoms with Gasteiger partial charge in [-0.1, -0.05) is 13.0 Å². The van der Waals surface area contributed by atoms with Gasteiger partial charge in [-0.15, -0.1) is 0 Å². The van der Waals surface area contributed by atoms with E-state index in [4.69, 9.17) is 0 Å². The van der Waals surface area contributed by atoms with Crippen molar-refractivity contribution in [2.24, 2.45) is 0 Å². The van der Waals surface area contributed by atoms with E-state index in [-0.39, 0.29) is 12.5 Å². The molecule has 0 saturated heterocycles. The summed E-state index contributed by atoms with van der Waals surface area (Å²) >= 11 is 0. The summed E-state index contributed by atoms with van der Waals surface area (Å²) in [5, 5.41) is 19.1. The second-order valence-electron chi connectivity index (χ2n) is 4.32. The Kier molecular flexibility index (Phi) is 2.96. The number of aliphatic hydroxyl groups is 1. The van der Waals surface area contributed by atoms with Crippen molar-refractivity contribution in [1.82, 2.24) is 0 Å². The van der Waals surface area contributed by atoms with Crippen molar-refractivity contribution in [2.45, 2.75) is 38.5 Å². The lowest BCUT2D eigenvalue weighted by Gasteiger charge is -2.15. The number of phenolic OH excluding ortho intramolecular Hbond substituents is 1. The molecule has 82 valence electrons. The van der Waals surface area contributed by atoms with Crippen LogP contribution in [0.25, 0.3) is 0 Å². The van der Waals surface area contributed by atoms with Crippen molar-refractivity contribution in [2.75, 3.05) is 6.61 Å². The van der Waals surface area contributed by atoms with Gasteiger partial charge >= 0.3 is 0 Å². The van der Waals surface area contributed by atoms with Crippen LogP contribution in [0.15, 0.2) is 12.1 Å². The molecule has 0 aliphatic heterocycles. The first-order valence-electron chi connectivity index (χ1n) is 5.71. The number of benzene rings is 1. The topological polar surface area (TPSA) is 40.5 Å². The Labute approximate surface area is 90.6 Å². The van der Waals surface area contributed by atoms with Crippen LogP contribution in [0.4, 0.5) is 0 Å². The third-order valence-electron chi connectivity index (χ3n) is 3.39. The molecule has 0 bridgehead atoms. The molecule has 0 saturated carbocycles. The van der Waals surface area contributed by atoms with Gasteiger partial charge in [0.2, 0.25) is 0 Å². The molecule has 0 unspecified atom stereocenters. The molecule has 1 aromatic carbocycles. The van der Waals surface area contributed by atoms with Crippen LogP contribution in [-0.2, 0) is 12.8 Å². The maximum atomic E-state index is 9.90. The first kappa shape index (κ1) is 10.5. The van der Waals surface area contributed by atoms with E-state index in [0.29, 0.717) is 5.75 Å². The van der Waals surface area contributed by atoms with E-state index < -0.39 is 0 Å². The van der Waals surface area contributed by atoms with Crippen LogP contribution >= 0.6 is 0 Å². The van der Waals surface area contributed by atoms with Gasteiger partial charge in [-0.2, -0.15) is 0 Å². The fourth-order valence-electron chi connectivity index (χ4n) is 2.40. The highest BCUT2D eigenvalue weighted by molar-refractivity contribution is 5.45. The maximum Gasteiger partial charge on any atom is 0.119 e. The molecule has 0 spiro atoms. The number of hydrogen-bond acceptors (Lipinski definition) is 2. The fraction of sp³-hybridized carbons (Fsp3) is 0.538. The van der Waals surface area contributed by atoms with Gasteiger partial charge < -0.3 is 10.2 Å². The van der Waals surface area contributed by atoms with Gasteiger partial charge in [-0.3, -0.25) is 0 Å². The highest BCUT2D eigenvalue weighted by Gasteiger charge is 2.18. The van der Waals surface area contributed by atoms with E-state index in [1.54, 1.807) is 0 Å². The summed E-state index contributed by atoms with van der Waals surface area (Å²) in [6, 6.07) is 3.97. The second-order valence-corrected chi connectivity index (χ2v) is 4.32. The summed E-state index contributed by atoms with van der Waals surface area (Å²) < 4.78 is 0. The average molecular weight is 206 g/mol. The zero-order chi connectivity index (χ0) is 10.8. The van der Waals surface area contributed by atoms with Gasteiger partial charge in [0.15, 0.2) is 0 Å². The first-order valence-corrected chi connectivity index (χ1v) is 5.71. The lowest BCUT2D eigenvalue weighted by molar-refractivity contribution is 0.259. The van der Waals surface area contributed by atoms with E-state index >= 15 is 0 Å². The van der Waals surface area contributed by atoms with Gasteiger partial charge in [0.25, 0.3) is 0 Å². The second kappa shape index (κ2) is 4.23. The molecule has 2 heteroatoms. The van der Waals surface area contributed by atoms with Gasteiger partial charge in [0, 0.05) is 5.92 Å². The minimum absolute atomic E-state index is 0.0795. The summed E-state index contributed by atoms with van der Waals surface area (Å²) in [4.78, 5) is 0. The Morgan fingerprint density at radius 1 is 1.27 bits per heavy atom. The molecule has 0 fully saturated rings. The number of aryl methyl sites for hydroxylation is 2. The number of aromatic hydroxyl groups is 1. The molecule has 1 aromatic rings. The van der Waals surface area contributed by atoms with Crippen LogP contribution in [-0.4, -0.2) is 16.8 Å². The number of fused-ring (bicyclic) bond motifs is 1. The standard InChI is InChI=1S/C13H18O2/c1-2-9(8-14)12-6-10-4-3-5-11(10)7-13(12)15/h6-7,9,14-15H,2-5,8H2,1H3/t9-/m1/s1. The lowest BCUT2D eigenvalue weighted by Crippen LogP contribution is -2.04. The third-order valence-corrected chi connectivity index (χ3v) is 3.39. The fourth-order valence-corrected chi connectivity index (χ4v) is 2.40. The Morgan fingerprint density at radius 2 is 1.93 bits per heavy atom. The molecule has 2 rings (SSSR count). The largest absolute Gasteiger partial charge is 0.508 e. The molecule has 0 aromatic heterocycles. The van der Waals surface area contributed by atoms with E-state index in [1.807, 2.05) is 13.0 Å². The van der Waals surface area contributed by atoms with Gasteiger partial charge in [-0.05, 0) is 48.4 Å². The molecule has 0 radical (unpaired) electrons. The van der Waals surface area contributed by atoms with Crippen LogP contribution in [0.5, 0.6) is 5.75 Å². The Balaban J connectivity index is 2.39. The zero-order valence-electron chi connectivity index (χ0n) is 9.16. The summed E-state index contributed by atoms with van der Waals surface area (Å²) in [6.07, 6.45) is 4.25. The number of phenols is 1. The molecule has 0 amide bonds. The predicted octanol–water partition coefficient (Wildman–Crippen LogP) is 2.37. The molecular weight excluding hydrogens is 188 g/mol. The van der Waals surface area contributed by atoms with Crippen LogP contribution in [0.1, 0.15) is 42.4 Å². The van der Waals surface area contributed by atoms with Crippen LogP contribution in [0.2, 0.25) is 0 Å². The molecule has 1 aliphatic carbocycles. The minimum Gasteiger partial charge on any atom is -0.508 e. The molecular formula is C13H18O2. The summed E-state index contributed by atoms with van der Waals surface area (Å²) in [5.74, 6) is 0.437. The van der Waals surface area contributed by atoms with Gasteiger partial charge in [0.05, 0.1) is 6.61 Å². The Hall–Kier alpha value is -1.02. The molecule has 2 nitrogen and oxygen atoms in total. The van der Waals surface area contributed by atoms with E-state index in [2.05, 4.69) is 6.07 Å². The SMILES string of the molecule is CC[C@H](CO)c1cc2c(cc1O)CCC2. The summed E-state index contributed by atoms with van der Waals surface area (Å²) in [5.41, 5.74) is 3.55. The molecule has 0 heterocycles. The first-order chi connectivity index (χ1) is 7.26. The van der Waals surface area contributed by atoms with E-state index in [1.165, 1.54) is 17.5 Å². The highest BCUT2D eigenvalue weighted by atomic mass is 16.3. The van der Waals surface area contributed by atoms with Crippen molar-refractivity contribution in [1.29, 1.82) is 0 Å². The van der Waals surface area contributed by atoms with Crippen molar-refractivity contribution < 1.29 is 10.2 Å². The van der Waals surface area contributed by atoms with Crippen LogP contribution in [0, 0.1) is 0 Å². The minimum atomic E-state index is 0.0795. The zero-order valence-corrected chi connectivity index (χ0v) is 9.16. The highest BCUT2D eigenvalue weighted by Crippen LogP contribution is 2.34. The number of aliphatic hydroxyl groups excluding tert-OH is 1. The predicted molar refractivity (Wildman–Crippen MR) is 60.2 cm³/mol. The smallest absolute Gasteiger partial charge is 0.119 e. The molecule has 2 N–H and O–H groups in total. The number of hydrogen-bond donors (Lipinski definition) is 2. The van der Waals surface area contributed by atoms with E-state index in [9.17, 15) is 10.2 Å². The summed E-state index contributed by atoms with van der Waals surface area (Å²) in [7, 11) is 0. The van der Waals surface area contributed by atoms with Crippen molar-refractivity contribution in [3.63, 3.8) is 0 Å².